The number of hydrogen-bond acceptors (Lipinski definition) is 3. The molecule has 2 aliphatic carbocycles. The molecule has 2 N–H and O–H groups in total. The third-order valence-electron chi connectivity index (χ3n) is 5.60. The molecule has 3 fully saturated rings. The monoisotopic (exact) mass is 264 g/mol. The van der Waals surface area contributed by atoms with E-state index in [0.717, 1.165) is 38.5 Å². The van der Waals surface area contributed by atoms with E-state index in [1.165, 1.54) is 12.8 Å². The van der Waals surface area contributed by atoms with Crippen LogP contribution in [-0.2, 0) is 9.59 Å². The number of carbonyl (C=O) groups excluding carboxylic acids is 2. The Hall–Kier alpha value is -0.900. The van der Waals surface area contributed by atoms with Crippen LogP contribution in [0.2, 0.25) is 0 Å². The van der Waals surface area contributed by atoms with Crippen molar-refractivity contribution in [2.45, 2.75) is 69.7 Å². The lowest BCUT2D eigenvalue weighted by molar-refractivity contribution is -0.161. The number of amides is 2. The van der Waals surface area contributed by atoms with Gasteiger partial charge >= 0.3 is 0 Å². The Balaban J connectivity index is 1.84. The van der Waals surface area contributed by atoms with Crippen molar-refractivity contribution in [2.75, 3.05) is 6.54 Å². The fraction of sp³-hybridized carbons (Fsp3) is 0.867. The first-order valence-electron chi connectivity index (χ1n) is 7.67. The number of hydrogen-bond donors (Lipinski definition) is 1. The molecule has 3 rings (SSSR count). The summed E-state index contributed by atoms with van der Waals surface area (Å²) >= 11 is 0. The van der Waals surface area contributed by atoms with Gasteiger partial charge in [0.25, 0.3) is 0 Å². The summed E-state index contributed by atoms with van der Waals surface area (Å²) in [5.74, 6) is 0.0935. The minimum atomic E-state index is -0.353. The van der Waals surface area contributed by atoms with Crippen LogP contribution >= 0.6 is 0 Å². The molecule has 1 spiro atoms. The lowest BCUT2D eigenvalue weighted by atomic mass is 9.75. The smallest absolute Gasteiger partial charge is 0.230 e. The van der Waals surface area contributed by atoms with Gasteiger partial charge in [-0.3, -0.25) is 14.5 Å². The van der Waals surface area contributed by atoms with Crippen molar-refractivity contribution in [3.05, 3.63) is 0 Å². The zero-order valence-electron chi connectivity index (χ0n) is 11.6. The summed E-state index contributed by atoms with van der Waals surface area (Å²) < 4.78 is 0. The Labute approximate surface area is 114 Å². The van der Waals surface area contributed by atoms with Crippen LogP contribution in [0.1, 0.15) is 64.2 Å². The topological polar surface area (TPSA) is 63.4 Å². The van der Waals surface area contributed by atoms with E-state index in [-0.39, 0.29) is 22.8 Å². The van der Waals surface area contributed by atoms with Crippen molar-refractivity contribution in [1.29, 1.82) is 0 Å². The zero-order chi connectivity index (χ0) is 13.5. The molecule has 0 aromatic heterocycles. The first-order chi connectivity index (χ1) is 9.11. The molecule has 0 unspecified atom stereocenters. The molecule has 1 heterocycles. The molecular formula is C15H24N2O2. The third kappa shape index (κ3) is 2.00. The zero-order valence-corrected chi connectivity index (χ0v) is 11.6. The normalized spacial score (nSPS) is 29.4. The Morgan fingerprint density at radius 3 is 1.84 bits per heavy atom. The first kappa shape index (κ1) is 13.1. The van der Waals surface area contributed by atoms with Crippen molar-refractivity contribution < 1.29 is 9.59 Å². The van der Waals surface area contributed by atoms with E-state index < -0.39 is 0 Å². The van der Waals surface area contributed by atoms with Gasteiger partial charge in [0.2, 0.25) is 11.8 Å². The minimum absolute atomic E-state index is 0.000933. The van der Waals surface area contributed by atoms with E-state index in [9.17, 15) is 9.59 Å². The van der Waals surface area contributed by atoms with Crippen LogP contribution in [0, 0.1) is 5.41 Å². The maximum Gasteiger partial charge on any atom is 0.230 e. The molecule has 3 aliphatic rings. The molecule has 4 heteroatoms. The second-order valence-electron chi connectivity index (χ2n) is 6.82. The molecule has 4 nitrogen and oxygen atoms in total. The highest BCUT2D eigenvalue weighted by molar-refractivity contribution is 5.99. The summed E-state index contributed by atoms with van der Waals surface area (Å²) in [5.41, 5.74) is 5.57. The summed E-state index contributed by atoms with van der Waals surface area (Å²) in [6.45, 7) is 0.428. The molecule has 19 heavy (non-hydrogen) atoms. The molecule has 1 saturated heterocycles. The summed E-state index contributed by atoms with van der Waals surface area (Å²) in [4.78, 5) is 26.7. The van der Waals surface area contributed by atoms with E-state index in [1.807, 2.05) is 0 Å². The van der Waals surface area contributed by atoms with Gasteiger partial charge in [0.1, 0.15) is 0 Å². The number of carbonyl (C=O) groups is 2. The van der Waals surface area contributed by atoms with Crippen molar-refractivity contribution in [1.82, 2.24) is 4.90 Å². The number of piperidine rings is 1. The van der Waals surface area contributed by atoms with Crippen LogP contribution in [0.3, 0.4) is 0 Å². The van der Waals surface area contributed by atoms with E-state index in [4.69, 9.17) is 5.73 Å². The average Bonchev–Trinajstić information content (AvgIpc) is 2.99. The van der Waals surface area contributed by atoms with E-state index in [1.54, 1.807) is 4.90 Å². The van der Waals surface area contributed by atoms with Crippen LogP contribution in [0.4, 0.5) is 0 Å². The molecular weight excluding hydrogens is 240 g/mol. The van der Waals surface area contributed by atoms with Crippen LogP contribution < -0.4 is 5.73 Å². The molecule has 0 aromatic carbocycles. The number of imide groups is 1. The molecule has 2 amide bonds. The summed E-state index contributed by atoms with van der Waals surface area (Å²) in [7, 11) is 0. The number of rotatable bonds is 2. The van der Waals surface area contributed by atoms with E-state index >= 15 is 0 Å². The molecule has 0 atom stereocenters. The molecule has 106 valence electrons. The van der Waals surface area contributed by atoms with Crippen molar-refractivity contribution in [2.24, 2.45) is 11.1 Å². The quantitative estimate of drug-likeness (QED) is 0.776. The van der Waals surface area contributed by atoms with Gasteiger partial charge < -0.3 is 5.73 Å². The van der Waals surface area contributed by atoms with Crippen LogP contribution in [0.5, 0.6) is 0 Å². The largest absolute Gasteiger partial charge is 0.328 e. The summed E-state index contributed by atoms with van der Waals surface area (Å²) in [6.07, 6.45) is 9.54. The van der Waals surface area contributed by atoms with Crippen molar-refractivity contribution in [3.8, 4) is 0 Å². The van der Waals surface area contributed by atoms with E-state index in [2.05, 4.69) is 0 Å². The fourth-order valence-electron chi connectivity index (χ4n) is 4.56. The van der Waals surface area contributed by atoms with Crippen LogP contribution in [0.15, 0.2) is 0 Å². The molecule has 0 radical (unpaired) electrons. The maximum atomic E-state index is 12.6. The van der Waals surface area contributed by atoms with Crippen LogP contribution in [0.25, 0.3) is 0 Å². The molecule has 1 aliphatic heterocycles. The number of nitrogens with two attached hydrogens (primary N) is 1. The van der Waals surface area contributed by atoms with Gasteiger partial charge in [0, 0.05) is 19.4 Å². The summed E-state index contributed by atoms with van der Waals surface area (Å²) in [5, 5.41) is 0. The Bertz CT molecular complexity index is 373. The molecule has 2 saturated carbocycles. The SMILES string of the molecule is NCC1(N2C(=O)CC3(CCCC3)CC2=O)CCCC1. The number of likely N-dealkylation sites (tertiary alicyclic amines) is 1. The average molecular weight is 264 g/mol. The second-order valence-corrected chi connectivity index (χ2v) is 6.82. The Morgan fingerprint density at radius 2 is 1.37 bits per heavy atom. The van der Waals surface area contributed by atoms with Gasteiger partial charge in [-0.25, -0.2) is 0 Å². The Morgan fingerprint density at radius 1 is 0.895 bits per heavy atom. The maximum absolute atomic E-state index is 12.6. The Kier molecular flexibility index (Phi) is 3.16. The highest BCUT2D eigenvalue weighted by Gasteiger charge is 2.52. The predicted molar refractivity (Wildman–Crippen MR) is 72.2 cm³/mol. The number of nitrogens with zero attached hydrogens (tertiary/aromatic N) is 1. The highest BCUT2D eigenvalue weighted by atomic mass is 16.2. The van der Waals surface area contributed by atoms with Gasteiger partial charge in [-0.1, -0.05) is 25.7 Å². The highest BCUT2D eigenvalue weighted by Crippen LogP contribution is 2.49. The van der Waals surface area contributed by atoms with Crippen molar-refractivity contribution >= 4 is 11.8 Å². The second kappa shape index (κ2) is 4.58. The van der Waals surface area contributed by atoms with Gasteiger partial charge in [-0.15, -0.1) is 0 Å². The minimum Gasteiger partial charge on any atom is -0.328 e. The lowest BCUT2D eigenvalue weighted by Gasteiger charge is -2.45. The lowest BCUT2D eigenvalue weighted by Crippen LogP contribution is -2.61. The third-order valence-corrected chi connectivity index (χ3v) is 5.60. The standard InChI is InChI=1S/C15H24N2O2/c16-11-15(7-3-4-8-15)17-12(18)9-14(10-13(17)19)5-1-2-6-14/h1-11,16H2. The molecule has 0 aromatic rings. The fourth-order valence-corrected chi connectivity index (χ4v) is 4.56. The van der Waals surface area contributed by atoms with Crippen LogP contribution in [-0.4, -0.2) is 28.8 Å². The van der Waals surface area contributed by atoms with E-state index in [0.29, 0.717) is 19.4 Å². The molecule has 0 bridgehead atoms. The summed E-state index contributed by atoms with van der Waals surface area (Å²) in [6, 6.07) is 0. The van der Waals surface area contributed by atoms with Crippen molar-refractivity contribution in [3.63, 3.8) is 0 Å². The van der Waals surface area contributed by atoms with Gasteiger partial charge in [-0.05, 0) is 31.1 Å². The van der Waals surface area contributed by atoms with Gasteiger partial charge in [0.15, 0.2) is 0 Å². The first-order valence-corrected chi connectivity index (χ1v) is 7.67. The van der Waals surface area contributed by atoms with Gasteiger partial charge in [0.05, 0.1) is 5.54 Å². The predicted octanol–water partition coefficient (Wildman–Crippen LogP) is 1.97. The van der Waals surface area contributed by atoms with Gasteiger partial charge in [-0.2, -0.15) is 0 Å².